The van der Waals surface area contributed by atoms with Crippen LogP contribution in [0.4, 0.5) is 0 Å². The molecule has 0 aromatic carbocycles. The van der Waals surface area contributed by atoms with E-state index in [1.165, 1.54) is 19.3 Å². The lowest BCUT2D eigenvalue weighted by Crippen LogP contribution is -2.47. The third kappa shape index (κ3) is 3.87. The number of nitrogens with zero attached hydrogens (tertiary/aromatic N) is 2. The molecule has 1 saturated heterocycles. The Balaban J connectivity index is 1.85. The largest absolute Gasteiger partial charge is 0.460 e. The van der Waals surface area contributed by atoms with Gasteiger partial charge in [-0.2, -0.15) is 0 Å². The summed E-state index contributed by atoms with van der Waals surface area (Å²) in [6.07, 6.45) is 4.60. The van der Waals surface area contributed by atoms with Gasteiger partial charge in [-0.15, -0.1) is 0 Å². The molecule has 0 amide bonds. The first-order valence-electron chi connectivity index (χ1n) is 7.60. The number of hydrogen-bond donors (Lipinski definition) is 1. The van der Waals surface area contributed by atoms with Crippen LogP contribution in [-0.2, 0) is 9.53 Å². The summed E-state index contributed by atoms with van der Waals surface area (Å²) in [7, 11) is 1.81. The van der Waals surface area contributed by atoms with E-state index in [2.05, 4.69) is 15.2 Å². The molecule has 1 atom stereocenters. The van der Waals surface area contributed by atoms with E-state index in [9.17, 15) is 4.79 Å². The lowest BCUT2D eigenvalue weighted by atomic mass is 9.93. The summed E-state index contributed by atoms with van der Waals surface area (Å²) in [5.74, 6) is 0.814. The van der Waals surface area contributed by atoms with E-state index in [0.717, 1.165) is 18.9 Å². The summed E-state index contributed by atoms with van der Waals surface area (Å²) in [5, 5.41) is 3.48. The Hall–Kier alpha value is -1.26. The average Bonchev–Trinajstić information content (AvgIpc) is 2.75. The Kier molecular flexibility index (Phi) is 4.55. The van der Waals surface area contributed by atoms with Gasteiger partial charge in [0.1, 0.15) is 5.60 Å². The number of guanidine groups is 1. The molecule has 5 nitrogen and oxygen atoms in total. The van der Waals surface area contributed by atoms with Crippen LogP contribution in [0.25, 0.3) is 0 Å². The van der Waals surface area contributed by atoms with E-state index < -0.39 is 5.60 Å². The molecule has 1 aliphatic heterocycles. The molecule has 1 N–H and O–H groups in total. The van der Waals surface area contributed by atoms with Crippen molar-refractivity contribution in [2.45, 2.75) is 58.1 Å². The van der Waals surface area contributed by atoms with Crippen LogP contribution in [0, 0.1) is 5.92 Å². The van der Waals surface area contributed by atoms with Gasteiger partial charge in [-0.25, -0.2) is 0 Å². The monoisotopic (exact) mass is 281 g/mol. The Morgan fingerprint density at radius 3 is 2.50 bits per heavy atom. The summed E-state index contributed by atoms with van der Waals surface area (Å²) in [4.78, 5) is 18.6. The number of carbonyl (C=O) groups is 1. The number of esters is 1. The minimum Gasteiger partial charge on any atom is -0.460 e. The van der Waals surface area contributed by atoms with Gasteiger partial charge < -0.3 is 15.0 Å². The second-order valence-corrected chi connectivity index (χ2v) is 6.78. The van der Waals surface area contributed by atoms with Crippen LogP contribution < -0.4 is 5.32 Å². The molecular formula is C15H27N3O2. The molecule has 0 aromatic rings. The molecule has 114 valence electrons. The molecule has 2 rings (SSSR count). The van der Waals surface area contributed by atoms with Crippen LogP contribution in [0.1, 0.15) is 46.5 Å². The molecule has 1 unspecified atom stereocenters. The number of hydrogen-bond acceptors (Lipinski definition) is 3. The SMILES string of the molecule is CN=C(NC1CCC1)N1CCC(C(=O)OC(C)(C)C)C1. The molecule has 0 bridgehead atoms. The van der Waals surface area contributed by atoms with Gasteiger partial charge in [0.25, 0.3) is 0 Å². The maximum atomic E-state index is 12.1. The van der Waals surface area contributed by atoms with Crippen LogP contribution >= 0.6 is 0 Å². The predicted molar refractivity (Wildman–Crippen MR) is 79.7 cm³/mol. The highest BCUT2D eigenvalue weighted by atomic mass is 16.6. The zero-order valence-electron chi connectivity index (χ0n) is 13.1. The molecule has 1 aliphatic carbocycles. The van der Waals surface area contributed by atoms with E-state index in [0.29, 0.717) is 12.6 Å². The maximum absolute atomic E-state index is 12.1. The molecule has 0 radical (unpaired) electrons. The molecule has 0 spiro atoms. The van der Waals surface area contributed by atoms with Gasteiger partial charge in [-0.3, -0.25) is 9.79 Å². The molecule has 0 aromatic heterocycles. The first-order chi connectivity index (χ1) is 9.39. The Labute approximate surface area is 121 Å². The van der Waals surface area contributed by atoms with Gasteiger partial charge >= 0.3 is 5.97 Å². The van der Waals surface area contributed by atoms with Crippen molar-refractivity contribution >= 4 is 11.9 Å². The number of aliphatic imine (C=N–C) groups is 1. The van der Waals surface area contributed by atoms with E-state index in [-0.39, 0.29) is 11.9 Å². The van der Waals surface area contributed by atoms with Crippen molar-refractivity contribution in [1.82, 2.24) is 10.2 Å². The number of likely N-dealkylation sites (tertiary alicyclic amines) is 1. The van der Waals surface area contributed by atoms with E-state index in [4.69, 9.17) is 4.74 Å². The third-order valence-electron chi connectivity index (χ3n) is 3.88. The molecule has 20 heavy (non-hydrogen) atoms. The fourth-order valence-electron chi connectivity index (χ4n) is 2.56. The second kappa shape index (κ2) is 6.02. The average molecular weight is 281 g/mol. The molecule has 1 heterocycles. The number of nitrogens with one attached hydrogen (secondary N) is 1. The molecule has 2 aliphatic rings. The summed E-state index contributed by atoms with van der Waals surface area (Å²) >= 11 is 0. The minimum absolute atomic E-state index is 0.0332. The lowest BCUT2D eigenvalue weighted by molar-refractivity contribution is -0.159. The van der Waals surface area contributed by atoms with Crippen LogP contribution in [-0.4, -0.2) is 48.6 Å². The maximum Gasteiger partial charge on any atom is 0.311 e. The van der Waals surface area contributed by atoms with Gasteiger partial charge in [-0.05, 0) is 46.5 Å². The van der Waals surface area contributed by atoms with Crippen molar-refractivity contribution < 1.29 is 9.53 Å². The van der Waals surface area contributed by atoms with Crippen LogP contribution in [0.15, 0.2) is 4.99 Å². The number of carbonyl (C=O) groups excluding carboxylic acids is 1. The van der Waals surface area contributed by atoms with Gasteiger partial charge in [0, 0.05) is 26.2 Å². The minimum atomic E-state index is -0.406. The Bertz CT molecular complexity index is 383. The van der Waals surface area contributed by atoms with Gasteiger partial charge in [-0.1, -0.05) is 0 Å². The summed E-state index contributed by atoms with van der Waals surface area (Å²) in [5.41, 5.74) is -0.406. The van der Waals surface area contributed by atoms with Crippen LogP contribution in [0.5, 0.6) is 0 Å². The zero-order valence-corrected chi connectivity index (χ0v) is 13.1. The highest BCUT2D eigenvalue weighted by molar-refractivity contribution is 5.82. The summed E-state index contributed by atoms with van der Waals surface area (Å²) in [6, 6.07) is 0.564. The fraction of sp³-hybridized carbons (Fsp3) is 0.867. The van der Waals surface area contributed by atoms with E-state index in [1.54, 1.807) is 0 Å². The second-order valence-electron chi connectivity index (χ2n) is 6.78. The van der Waals surface area contributed by atoms with Crippen molar-refractivity contribution in [3.63, 3.8) is 0 Å². The predicted octanol–water partition coefficient (Wildman–Crippen LogP) is 1.78. The van der Waals surface area contributed by atoms with Gasteiger partial charge in [0.05, 0.1) is 5.92 Å². The number of ether oxygens (including phenoxy) is 1. The topological polar surface area (TPSA) is 53.9 Å². The van der Waals surface area contributed by atoms with Crippen molar-refractivity contribution in [3.8, 4) is 0 Å². The van der Waals surface area contributed by atoms with Crippen LogP contribution in [0.2, 0.25) is 0 Å². The number of rotatable bonds is 2. The molecular weight excluding hydrogens is 254 g/mol. The molecule has 2 fully saturated rings. The highest BCUT2D eigenvalue weighted by Crippen LogP contribution is 2.22. The molecule has 1 saturated carbocycles. The van der Waals surface area contributed by atoms with Gasteiger partial charge in [0.15, 0.2) is 5.96 Å². The van der Waals surface area contributed by atoms with Crippen molar-refractivity contribution in [2.75, 3.05) is 20.1 Å². The third-order valence-corrected chi connectivity index (χ3v) is 3.88. The summed E-state index contributed by atoms with van der Waals surface area (Å²) < 4.78 is 5.47. The Morgan fingerprint density at radius 1 is 1.30 bits per heavy atom. The quantitative estimate of drug-likeness (QED) is 0.476. The van der Waals surface area contributed by atoms with Crippen molar-refractivity contribution in [2.24, 2.45) is 10.9 Å². The normalized spacial score (nSPS) is 24.5. The first-order valence-corrected chi connectivity index (χ1v) is 7.60. The first kappa shape index (κ1) is 15.1. The van der Waals surface area contributed by atoms with Gasteiger partial charge in [0.2, 0.25) is 0 Å². The smallest absolute Gasteiger partial charge is 0.311 e. The standard InChI is InChI=1S/C15H27N3O2/c1-15(2,3)20-13(19)11-8-9-18(10-11)14(16-4)17-12-6-5-7-12/h11-12H,5-10H2,1-4H3,(H,16,17). The van der Waals surface area contributed by atoms with E-state index in [1.807, 2.05) is 27.8 Å². The zero-order chi connectivity index (χ0) is 14.8. The molecule has 5 heteroatoms. The van der Waals surface area contributed by atoms with Crippen molar-refractivity contribution in [1.29, 1.82) is 0 Å². The van der Waals surface area contributed by atoms with Crippen molar-refractivity contribution in [3.05, 3.63) is 0 Å². The summed E-state index contributed by atoms with van der Waals surface area (Å²) in [6.45, 7) is 7.32. The highest BCUT2D eigenvalue weighted by Gasteiger charge is 2.34. The Morgan fingerprint density at radius 2 is 2.00 bits per heavy atom. The van der Waals surface area contributed by atoms with Crippen LogP contribution in [0.3, 0.4) is 0 Å². The lowest BCUT2D eigenvalue weighted by Gasteiger charge is -2.31. The van der Waals surface area contributed by atoms with E-state index >= 15 is 0 Å². The fourth-order valence-corrected chi connectivity index (χ4v) is 2.56.